The summed E-state index contributed by atoms with van der Waals surface area (Å²) in [6.45, 7) is 0.658. The molecule has 0 aliphatic carbocycles. The van der Waals surface area contributed by atoms with Crippen molar-refractivity contribution in [1.82, 2.24) is 9.47 Å². The molecule has 4 N–H and O–H groups in total. The highest BCUT2D eigenvalue weighted by molar-refractivity contribution is 5.73. The maximum atomic E-state index is 10.9. The molecule has 1 aromatic heterocycles. The second-order valence-electron chi connectivity index (χ2n) is 4.62. The fourth-order valence-corrected chi connectivity index (χ4v) is 2.45. The molecule has 2 unspecified atom stereocenters. The van der Waals surface area contributed by atoms with E-state index in [9.17, 15) is 9.90 Å². The van der Waals surface area contributed by atoms with E-state index in [1.807, 2.05) is 29.1 Å². The highest BCUT2D eigenvalue weighted by atomic mass is 16.4. The Morgan fingerprint density at radius 2 is 2.00 bits per heavy atom. The Balaban J connectivity index is 2.15. The zero-order valence-corrected chi connectivity index (χ0v) is 10.1. The van der Waals surface area contributed by atoms with Crippen LogP contribution in [0.5, 0.6) is 0 Å². The van der Waals surface area contributed by atoms with Crippen LogP contribution in [0.1, 0.15) is 25.4 Å². The van der Waals surface area contributed by atoms with E-state index in [2.05, 4.69) is 0 Å². The Labute approximate surface area is 106 Å². The molecule has 1 fully saturated rings. The number of nitrogens with zero attached hydrogens (tertiary/aromatic N) is 2. The molecule has 0 aromatic carbocycles. The third-order valence-corrected chi connectivity index (χ3v) is 3.43. The molecule has 1 saturated heterocycles. The number of rotatable bonds is 4. The summed E-state index contributed by atoms with van der Waals surface area (Å²) in [5.74, 6) is -1.18. The molecule has 2 heterocycles. The Morgan fingerprint density at radius 3 is 2.61 bits per heavy atom. The van der Waals surface area contributed by atoms with E-state index in [1.54, 1.807) is 4.90 Å². The van der Waals surface area contributed by atoms with Gasteiger partial charge in [0, 0.05) is 18.9 Å². The van der Waals surface area contributed by atoms with Crippen molar-refractivity contribution >= 4 is 5.97 Å². The Bertz CT molecular complexity index is 393. The summed E-state index contributed by atoms with van der Waals surface area (Å²) < 4.78 is 1.98. The molecule has 6 heteroatoms. The van der Waals surface area contributed by atoms with Gasteiger partial charge in [-0.2, -0.15) is 0 Å². The monoisotopic (exact) mass is 253 g/mol. The zero-order chi connectivity index (χ0) is 13.1. The van der Waals surface area contributed by atoms with E-state index < -0.39 is 18.2 Å². The Morgan fingerprint density at radius 1 is 1.33 bits per heavy atom. The molecule has 0 saturated carbocycles. The molecular formula is C12H19N3O3. The normalized spacial score (nSPS) is 24.7. The first-order valence-electron chi connectivity index (χ1n) is 6.16. The minimum Gasteiger partial charge on any atom is -0.480 e. The van der Waals surface area contributed by atoms with Gasteiger partial charge in [-0.25, -0.2) is 0 Å². The topological polar surface area (TPSA) is 91.7 Å². The van der Waals surface area contributed by atoms with Crippen molar-refractivity contribution in [1.29, 1.82) is 0 Å². The quantitative estimate of drug-likeness (QED) is 0.713. The molecule has 2 rings (SSSR count). The lowest BCUT2D eigenvalue weighted by molar-refractivity contribution is -0.149. The van der Waals surface area contributed by atoms with Crippen LogP contribution in [0.4, 0.5) is 0 Å². The first-order valence-corrected chi connectivity index (χ1v) is 6.16. The standard InChI is InChI=1S/C12H19N3O3/c13-10(12(17)18)11(16)15-8-2-1-5-9(15)14-6-3-4-7-14/h3-4,6-7,9-11,16H,1-2,5,8,13H2,(H,17,18)/t9?,10-,11?/m0/s1. The van der Waals surface area contributed by atoms with Gasteiger partial charge in [-0.3, -0.25) is 9.69 Å². The highest BCUT2D eigenvalue weighted by Gasteiger charge is 2.34. The number of hydrogen-bond donors (Lipinski definition) is 3. The van der Waals surface area contributed by atoms with Crippen molar-refractivity contribution < 1.29 is 15.0 Å². The zero-order valence-electron chi connectivity index (χ0n) is 10.1. The van der Waals surface area contributed by atoms with Gasteiger partial charge in [-0.15, -0.1) is 0 Å². The fourth-order valence-electron chi connectivity index (χ4n) is 2.45. The number of aliphatic hydroxyl groups excluding tert-OH is 1. The summed E-state index contributed by atoms with van der Waals surface area (Å²) in [7, 11) is 0. The molecule has 1 aromatic rings. The predicted octanol–water partition coefficient (Wildman–Crippen LogP) is 0.203. The van der Waals surface area contributed by atoms with Crippen molar-refractivity contribution in [2.24, 2.45) is 5.73 Å². The predicted molar refractivity (Wildman–Crippen MR) is 65.6 cm³/mol. The number of likely N-dealkylation sites (tertiary alicyclic amines) is 1. The average Bonchev–Trinajstić information content (AvgIpc) is 2.90. The smallest absolute Gasteiger partial charge is 0.324 e. The molecule has 1 aliphatic rings. The summed E-state index contributed by atoms with van der Waals surface area (Å²) in [6, 6.07) is 2.55. The first kappa shape index (κ1) is 13.1. The minimum atomic E-state index is -1.28. The molecule has 0 spiro atoms. The van der Waals surface area contributed by atoms with Gasteiger partial charge in [-0.1, -0.05) is 0 Å². The number of aliphatic carboxylic acids is 1. The first-order chi connectivity index (χ1) is 8.61. The van der Waals surface area contributed by atoms with Gasteiger partial charge in [-0.05, 0) is 31.4 Å². The van der Waals surface area contributed by atoms with Crippen LogP contribution in [0, 0.1) is 0 Å². The minimum absolute atomic E-state index is 0.0193. The lowest BCUT2D eigenvalue weighted by Crippen LogP contribution is -2.54. The van der Waals surface area contributed by atoms with Gasteiger partial charge >= 0.3 is 5.97 Å². The van der Waals surface area contributed by atoms with Crippen LogP contribution in [-0.2, 0) is 4.79 Å². The Hall–Kier alpha value is -1.37. The number of aromatic nitrogens is 1. The van der Waals surface area contributed by atoms with Crippen molar-refractivity contribution in [3.63, 3.8) is 0 Å². The van der Waals surface area contributed by atoms with Crippen molar-refractivity contribution in [3.05, 3.63) is 24.5 Å². The molecule has 18 heavy (non-hydrogen) atoms. The summed E-state index contributed by atoms with van der Waals surface area (Å²) in [4.78, 5) is 12.6. The number of aliphatic hydroxyl groups is 1. The number of piperidine rings is 1. The summed E-state index contributed by atoms with van der Waals surface area (Å²) in [5, 5.41) is 19.0. The van der Waals surface area contributed by atoms with Gasteiger partial charge in [0.2, 0.25) is 0 Å². The fraction of sp³-hybridized carbons (Fsp3) is 0.583. The number of carboxylic acid groups (broad SMARTS) is 1. The van der Waals surface area contributed by atoms with Crippen molar-refractivity contribution in [2.75, 3.05) is 6.54 Å². The third kappa shape index (κ3) is 2.55. The average molecular weight is 253 g/mol. The van der Waals surface area contributed by atoms with Gasteiger partial charge in [0.1, 0.15) is 12.3 Å². The maximum absolute atomic E-state index is 10.9. The Kier molecular flexibility index (Phi) is 4.00. The lowest BCUT2D eigenvalue weighted by atomic mass is 10.1. The van der Waals surface area contributed by atoms with Gasteiger partial charge in [0.15, 0.2) is 0 Å². The molecule has 6 nitrogen and oxygen atoms in total. The van der Waals surface area contributed by atoms with Crippen LogP contribution >= 0.6 is 0 Å². The van der Waals surface area contributed by atoms with Crippen LogP contribution in [0.15, 0.2) is 24.5 Å². The van der Waals surface area contributed by atoms with Gasteiger partial charge in [0.05, 0.1) is 6.17 Å². The number of nitrogens with two attached hydrogens (primary N) is 1. The van der Waals surface area contributed by atoms with E-state index >= 15 is 0 Å². The molecule has 100 valence electrons. The van der Waals surface area contributed by atoms with Crippen molar-refractivity contribution in [2.45, 2.75) is 37.7 Å². The lowest BCUT2D eigenvalue weighted by Gasteiger charge is -2.40. The summed E-state index contributed by atoms with van der Waals surface area (Å²) in [6.07, 6.45) is 5.56. The SMILES string of the molecule is N[C@H](C(=O)O)C(O)N1CCCCC1n1cccc1. The molecule has 3 atom stereocenters. The number of carboxylic acids is 1. The second-order valence-corrected chi connectivity index (χ2v) is 4.62. The number of carbonyl (C=O) groups is 1. The van der Waals surface area contributed by atoms with E-state index in [0.717, 1.165) is 19.3 Å². The molecule has 0 bridgehead atoms. The van der Waals surface area contributed by atoms with Crippen molar-refractivity contribution in [3.8, 4) is 0 Å². The molecular weight excluding hydrogens is 234 g/mol. The summed E-state index contributed by atoms with van der Waals surface area (Å²) >= 11 is 0. The summed E-state index contributed by atoms with van der Waals surface area (Å²) in [5.41, 5.74) is 5.51. The molecule has 0 amide bonds. The molecule has 1 aliphatic heterocycles. The van der Waals surface area contributed by atoms with Crippen LogP contribution in [0.3, 0.4) is 0 Å². The largest absolute Gasteiger partial charge is 0.480 e. The van der Waals surface area contributed by atoms with Crippen LogP contribution in [0.25, 0.3) is 0 Å². The van der Waals surface area contributed by atoms with E-state index in [1.165, 1.54) is 0 Å². The maximum Gasteiger partial charge on any atom is 0.324 e. The van der Waals surface area contributed by atoms with Crippen LogP contribution in [-0.4, -0.2) is 44.5 Å². The van der Waals surface area contributed by atoms with Gasteiger partial charge in [0.25, 0.3) is 0 Å². The van der Waals surface area contributed by atoms with E-state index in [4.69, 9.17) is 10.8 Å². The van der Waals surface area contributed by atoms with Crippen LogP contribution in [0.2, 0.25) is 0 Å². The second kappa shape index (κ2) is 5.51. The molecule has 0 radical (unpaired) electrons. The van der Waals surface area contributed by atoms with E-state index in [-0.39, 0.29) is 6.17 Å². The third-order valence-electron chi connectivity index (χ3n) is 3.43. The highest BCUT2D eigenvalue weighted by Crippen LogP contribution is 2.28. The van der Waals surface area contributed by atoms with E-state index in [0.29, 0.717) is 6.54 Å². The number of hydrogen-bond acceptors (Lipinski definition) is 4. The van der Waals surface area contributed by atoms with Gasteiger partial charge < -0.3 is 20.5 Å². The van der Waals surface area contributed by atoms with Crippen LogP contribution < -0.4 is 5.73 Å².